The number of para-hydroxylation sites is 1. The second-order valence-corrected chi connectivity index (χ2v) is 4.11. The number of rotatable bonds is 5. The van der Waals surface area contributed by atoms with Gasteiger partial charge in [0.1, 0.15) is 17.9 Å². The van der Waals surface area contributed by atoms with Crippen LogP contribution in [0.5, 0.6) is 0 Å². The summed E-state index contributed by atoms with van der Waals surface area (Å²) < 4.78 is 14.5. The summed E-state index contributed by atoms with van der Waals surface area (Å²) in [7, 11) is 1.21. The molecule has 22 heavy (non-hydrogen) atoms. The highest BCUT2D eigenvalue weighted by Crippen LogP contribution is 2.19. The lowest BCUT2D eigenvalue weighted by Gasteiger charge is -2.03. The van der Waals surface area contributed by atoms with Crippen molar-refractivity contribution in [2.24, 2.45) is 0 Å². The van der Waals surface area contributed by atoms with Crippen molar-refractivity contribution < 1.29 is 28.4 Å². The van der Waals surface area contributed by atoms with Crippen LogP contribution in [0.2, 0.25) is 0 Å². The van der Waals surface area contributed by atoms with Crippen LogP contribution in [0.15, 0.2) is 40.8 Å². The van der Waals surface area contributed by atoms with Gasteiger partial charge in [0.25, 0.3) is 5.69 Å². The molecule has 0 aliphatic rings. The molecule has 0 aliphatic heterocycles. The number of nitro benzene ring substituents is 1. The van der Waals surface area contributed by atoms with Crippen molar-refractivity contribution in [1.29, 1.82) is 0 Å². The highest BCUT2D eigenvalue weighted by atomic mass is 16.6. The SMILES string of the molecule is COC(=O)c1ccc(COC(=O)c2ccccc2[N+](=O)[O-])o1. The van der Waals surface area contributed by atoms with Crippen molar-refractivity contribution in [3.8, 4) is 0 Å². The number of esters is 2. The summed E-state index contributed by atoms with van der Waals surface area (Å²) in [5, 5.41) is 10.8. The normalized spacial score (nSPS) is 10.0. The molecule has 2 aromatic rings. The number of nitro groups is 1. The molecule has 1 aromatic heterocycles. The molecule has 0 unspecified atom stereocenters. The van der Waals surface area contributed by atoms with Crippen LogP contribution in [0.3, 0.4) is 0 Å². The molecular weight excluding hydrogens is 294 g/mol. The van der Waals surface area contributed by atoms with Gasteiger partial charge >= 0.3 is 11.9 Å². The minimum absolute atomic E-state index is 0.0285. The summed E-state index contributed by atoms with van der Waals surface area (Å²) in [4.78, 5) is 33.3. The molecule has 1 heterocycles. The van der Waals surface area contributed by atoms with Gasteiger partial charge in [-0.25, -0.2) is 9.59 Å². The quantitative estimate of drug-likeness (QED) is 0.473. The Morgan fingerprint density at radius 3 is 2.59 bits per heavy atom. The smallest absolute Gasteiger partial charge is 0.373 e. The van der Waals surface area contributed by atoms with Crippen LogP contribution in [-0.2, 0) is 16.1 Å². The molecule has 1 aromatic carbocycles. The third kappa shape index (κ3) is 3.29. The molecule has 0 atom stereocenters. The molecule has 0 saturated heterocycles. The Morgan fingerprint density at radius 2 is 1.91 bits per heavy atom. The number of carbonyl (C=O) groups is 2. The molecule has 8 nitrogen and oxygen atoms in total. The molecule has 0 bridgehead atoms. The fraction of sp³-hybridized carbons (Fsp3) is 0.143. The number of hydrogen-bond acceptors (Lipinski definition) is 7. The van der Waals surface area contributed by atoms with E-state index in [2.05, 4.69) is 4.74 Å². The van der Waals surface area contributed by atoms with Gasteiger partial charge < -0.3 is 13.9 Å². The largest absolute Gasteiger partial charge is 0.463 e. The van der Waals surface area contributed by atoms with Gasteiger partial charge in [-0.2, -0.15) is 0 Å². The minimum Gasteiger partial charge on any atom is -0.463 e. The summed E-state index contributed by atoms with van der Waals surface area (Å²) in [5.41, 5.74) is -0.505. The van der Waals surface area contributed by atoms with E-state index in [1.807, 2.05) is 0 Å². The maximum absolute atomic E-state index is 11.9. The minimum atomic E-state index is -0.858. The van der Waals surface area contributed by atoms with Crippen LogP contribution < -0.4 is 0 Å². The van der Waals surface area contributed by atoms with Gasteiger partial charge in [0.05, 0.1) is 12.0 Å². The van der Waals surface area contributed by atoms with Gasteiger partial charge in [0.2, 0.25) is 5.76 Å². The van der Waals surface area contributed by atoms with Gasteiger partial charge in [-0.05, 0) is 18.2 Å². The van der Waals surface area contributed by atoms with Crippen molar-refractivity contribution >= 4 is 17.6 Å². The molecule has 0 fully saturated rings. The lowest BCUT2D eigenvalue weighted by atomic mass is 10.2. The maximum atomic E-state index is 11.9. The van der Waals surface area contributed by atoms with E-state index in [9.17, 15) is 19.7 Å². The summed E-state index contributed by atoms with van der Waals surface area (Å²) >= 11 is 0. The first kappa shape index (κ1) is 15.2. The number of nitrogens with zero attached hydrogens (tertiary/aromatic N) is 1. The van der Waals surface area contributed by atoms with Gasteiger partial charge in [-0.1, -0.05) is 12.1 Å². The molecule has 8 heteroatoms. The molecule has 0 radical (unpaired) electrons. The molecule has 0 amide bonds. The van der Waals surface area contributed by atoms with E-state index in [-0.39, 0.29) is 29.4 Å². The number of hydrogen-bond donors (Lipinski definition) is 0. The molecule has 114 valence electrons. The van der Waals surface area contributed by atoms with Gasteiger partial charge in [-0.3, -0.25) is 10.1 Å². The van der Waals surface area contributed by atoms with Crippen LogP contribution in [0.4, 0.5) is 5.69 Å². The Labute approximate surface area is 124 Å². The van der Waals surface area contributed by atoms with Crippen LogP contribution in [0, 0.1) is 10.1 Å². The lowest BCUT2D eigenvalue weighted by Crippen LogP contribution is -2.08. The number of benzene rings is 1. The van der Waals surface area contributed by atoms with Gasteiger partial charge in [-0.15, -0.1) is 0 Å². The number of methoxy groups -OCH3 is 1. The maximum Gasteiger partial charge on any atom is 0.373 e. The Hall–Kier alpha value is -3.16. The highest BCUT2D eigenvalue weighted by Gasteiger charge is 2.21. The first-order chi connectivity index (χ1) is 10.5. The van der Waals surface area contributed by atoms with E-state index in [0.29, 0.717) is 0 Å². The molecule has 0 N–H and O–H groups in total. The Bertz CT molecular complexity index is 719. The van der Waals surface area contributed by atoms with Crippen molar-refractivity contribution in [1.82, 2.24) is 0 Å². The van der Waals surface area contributed by atoms with Gasteiger partial charge in [0.15, 0.2) is 0 Å². The fourth-order valence-corrected chi connectivity index (χ4v) is 1.69. The second kappa shape index (κ2) is 6.53. The Balaban J connectivity index is 2.06. The first-order valence-corrected chi connectivity index (χ1v) is 6.10. The number of ether oxygens (including phenoxy) is 2. The first-order valence-electron chi connectivity index (χ1n) is 6.10. The zero-order valence-corrected chi connectivity index (χ0v) is 11.5. The monoisotopic (exact) mass is 305 g/mol. The second-order valence-electron chi connectivity index (χ2n) is 4.11. The van der Waals surface area contributed by atoms with Crippen molar-refractivity contribution in [2.75, 3.05) is 7.11 Å². The Morgan fingerprint density at radius 1 is 1.18 bits per heavy atom. The topological polar surface area (TPSA) is 109 Å². The molecular formula is C14H11NO7. The van der Waals surface area contributed by atoms with E-state index < -0.39 is 16.9 Å². The number of furan rings is 1. The third-order valence-electron chi connectivity index (χ3n) is 2.71. The molecule has 2 rings (SSSR count). The summed E-state index contributed by atoms with van der Waals surface area (Å²) in [6.07, 6.45) is 0. The van der Waals surface area contributed by atoms with E-state index in [0.717, 1.165) is 0 Å². The van der Waals surface area contributed by atoms with E-state index in [1.54, 1.807) is 0 Å². The number of carbonyl (C=O) groups excluding carboxylic acids is 2. The van der Waals surface area contributed by atoms with E-state index >= 15 is 0 Å². The third-order valence-corrected chi connectivity index (χ3v) is 2.71. The van der Waals surface area contributed by atoms with Crippen molar-refractivity contribution in [3.05, 3.63) is 63.6 Å². The van der Waals surface area contributed by atoms with Crippen LogP contribution >= 0.6 is 0 Å². The molecule has 0 spiro atoms. The van der Waals surface area contributed by atoms with Gasteiger partial charge in [0, 0.05) is 6.07 Å². The molecule has 0 aliphatic carbocycles. The predicted molar refractivity (Wildman–Crippen MR) is 72.3 cm³/mol. The average molecular weight is 305 g/mol. The van der Waals surface area contributed by atoms with Crippen molar-refractivity contribution in [2.45, 2.75) is 6.61 Å². The van der Waals surface area contributed by atoms with Crippen LogP contribution in [-0.4, -0.2) is 24.0 Å². The lowest BCUT2D eigenvalue weighted by molar-refractivity contribution is -0.385. The van der Waals surface area contributed by atoms with Crippen molar-refractivity contribution in [3.63, 3.8) is 0 Å². The van der Waals surface area contributed by atoms with Crippen LogP contribution in [0.25, 0.3) is 0 Å². The summed E-state index contributed by atoms with van der Waals surface area (Å²) in [5.74, 6) is -1.33. The van der Waals surface area contributed by atoms with Crippen LogP contribution in [0.1, 0.15) is 26.7 Å². The summed E-state index contributed by atoms with van der Waals surface area (Å²) in [6, 6.07) is 8.26. The summed E-state index contributed by atoms with van der Waals surface area (Å²) in [6.45, 7) is -0.262. The fourth-order valence-electron chi connectivity index (χ4n) is 1.69. The Kier molecular flexibility index (Phi) is 4.52. The standard InChI is InChI=1S/C14H11NO7/c1-20-14(17)12-7-6-9(22-12)8-21-13(16)10-4-2-3-5-11(10)15(18)19/h2-7H,8H2,1H3. The van der Waals surface area contributed by atoms with E-state index in [1.165, 1.54) is 43.5 Å². The van der Waals surface area contributed by atoms with E-state index in [4.69, 9.17) is 9.15 Å². The predicted octanol–water partition coefficient (Wildman–Crippen LogP) is 2.33. The zero-order valence-electron chi connectivity index (χ0n) is 11.5. The zero-order chi connectivity index (χ0) is 16.1. The average Bonchev–Trinajstić information content (AvgIpc) is 3.00. The molecule has 0 saturated carbocycles. The highest BCUT2D eigenvalue weighted by molar-refractivity contribution is 5.93.